The lowest BCUT2D eigenvalue weighted by molar-refractivity contribution is 1.19. The molecule has 0 aromatic heterocycles. The van der Waals surface area contributed by atoms with Gasteiger partial charge in [-0.2, -0.15) is 0 Å². The van der Waals surface area contributed by atoms with Crippen molar-refractivity contribution in [2.24, 2.45) is 0 Å². The van der Waals surface area contributed by atoms with Crippen LogP contribution < -0.4 is 0 Å². The van der Waals surface area contributed by atoms with Crippen LogP contribution >= 0.6 is 11.8 Å². The van der Waals surface area contributed by atoms with Crippen molar-refractivity contribution < 1.29 is 0 Å². The Kier molecular flexibility index (Phi) is 1.46. The molecule has 0 fully saturated rings. The summed E-state index contributed by atoms with van der Waals surface area (Å²) in [5.41, 5.74) is 1.36. The summed E-state index contributed by atoms with van der Waals surface area (Å²) in [6.07, 6.45) is 11.0. The average Bonchev–Trinajstić information content (AvgIpc) is 2.42. The third kappa shape index (κ3) is 0.853. The Bertz CT molecular complexity index is 233. The molecule has 0 aromatic rings. The third-order valence-corrected chi connectivity index (χ3v) is 3.08. The molecule has 2 aliphatic rings. The van der Waals surface area contributed by atoms with E-state index in [1.165, 1.54) is 10.5 Å². The summed E-state index contributed by atoms with van der Waals surface area (Å²) in [6, 6.07) is 0. The first-order valence-electron chi connectivity index (χ1n) is 3.58. The normalized spacial score (nSPS) is 28.3. The van der Waals surface area contributed by atoms with E-state index < -0.39 is 0 Å². The van der Waals surface area contributed by atoms with Crippen LogP contribution in [0.15, 0.2) is 28.7 Å². The third-order valence-electron chi connectivity index (χ3n) is 1.74. The maximum atomic E-state index is 3.38. The van der Waals surface area contributed by atoms with Crippen LogP contribution in [0.1, 0.15) is 13.3 Å². The quantitative estimate of drug-likeness (QED) is 0.552. The monoisotopic (exact) mass is 149 g/mol. The van der Waals surface area contributed by atoms with Gasteiger partial charge in [0.05, 0.1) is 5.25 Å². The molecule has 0 bridgehead atoms. The second-order valence-electron chi connectivity index (χ2n) is 2.45. The molecule has 0 aromatic carbocycles. The van der Waals surface area contributed by atoms with E-state index in [1.54, 1.807) is 0 Å². The van der Waals surface area contributed by atoms with E-state index >= 15 is 0 Å². The Morgan fingerprint density at radius 2 is 2.60 bits per heavy atom. The summed E-state index contributed by atoms with van der Waals surface area (Å²) in [7, 11) is 0. The second-order valence-corrected chi connectivity index (χ2v) is 3.68. The molecule has 1 unspecified atom stereocenters. The zero-order valence-corrected chi connectivity index (χ0v) is 6.74. The lowest BCUT2D eigenvalue weighted by Gasteiger charge is -1.99. The van der Waals surface area contributed by atoms with Gasteiger partial charge in [0.15, 0.2) is 0 Å². The Balaban J connectivity index is 2.23. The first-order valence-corrected chi connectivity index (χ1v) is 4.46. The maximum absolute atomic E-state index is 3.38. The van der Waals surface area contributed by atoms with Gasteiger partial charge in [-0.3, -0.25) is 0 Å². The Morgan fingerprint density at radius 3 is 3.30 bits per heavy atom. The Labute approximate surface area is 65.7 Å². The fourth-order valence-electron chi connectivity index (χ4n) is 1.19. The van der Waals surface area contributed by atoms with Gasteiger partial charge in [-0.15, -0.1) is 11.8 Å². The molecular formula is C9H9S. The highest BCUT2D eigenvalue weighted by atomic mass is 32.2. The van der Waals surface area contributed by atoms with Crippen molar-refractivity contribution in [3.63, 3.8) is 0 Å². The van der Waals surface area contributed by atoms with E-state index in [9.17, 15) is 0 Å². The summed E-state index contributed by atoms with van der Waals surface area (Å²) in [6.45, 7) is 2.18. The van der Waals surface area contributed by atoms with Crippen LogP contribution in [0.5, 0.6) is 0 Å². The van der Waals surface area contributed by atoms with Crippen LogP contribution in [0, 0.1) is 6.08 Å². The van der Waals surface area contributed by atoms with E-state index in [0.29, 0.717) is 5.25 Å². The maximum Gasteiger partial charge on any atom is 0.0531 e. The number of hydrogen-bond acceptors (Lipinski definition) is 1. The summed E-state index contributed by atoms with van der Waals surface area (Å²) >= 11 is 1.93. The van der Waals surface area contributed by atoms with Gasteiger partial charge in [0.25, 0.3) is 0 Å². The van der Waals surface area contributed by atoms with Crippen molar-refractivity contribution >= 4 is 11.8 Å². The predicted octanol–water partition coefficient (Wildman–Crippen LogP) is 2.70. The van der Waals surface area contributed by atoms with Gasteiger partial charge in [-0.1, -0.05) is 25.2 Å². The summed E-state index contributed by atoms with van der Waals surface area (Å²) < 4.78 is 0. The van der Waals surface area contributed by atoms with Gasteiger partial charge >= 0.3 is 0 Å². The topological polar surface area (TPSA) is 0 Å². The molecule has 0 spiro atoms. The molecule has 0 saturated carbocycles. The van der Waals surface area contributed by atoms with Gasteiger partial charge < -0.3 is 0 Å². The van der Waals surface area contributed by atoms with Crippen LogP contribution in [0.25, 0.3) is 0 Å². The van der Waals surface area contributed by atoms with E-state index in [1.807, 2.05) is 11.8 Å². The molecule has 51 valence electrons. The van der Waals surface area contributed by atoms with E-state index in [-0.39, 0.29) is 0 Å². The van der Waals surface area contributed by atoms with Crippen LogP contribution in [-0.4, -0.2) is 5.25 Å². The summed E-state index contributed by atoms with van der Waals surface area (Å²) in [5, 5.41) is 0.606. The number of rotatable bonds is 1. The van der Waals surface area contributed by atoms with E-state index in [2.05, 4.69) is 31.2 Å². The zero-order chi connectivity index (χ0) is 6.97. The molecule has 1 heterocycles. The SMILES string of the molecule is CCC1=[C]C2=CC=CC2S1. The first-order chi connectivity index (χ1) is 4.90. The van der Waals surface area contributed by atoms with E-state index in [0.717, 1.165) is 6.42 Å². The molecule has 1 atom stereocenters. The largest absolute Gasteiger partial charge is 0.117 e. The average molecular weight is 149 g/mol. The van der Waals surface area contributed by atoms with Gasteiger partial charge in [-0.05, 0) is 23.0 Å². The minimum Gasteiger partial charge on any atom is -0.117 e. The fraction of sp³-hybridized carbons (Fsp3) is 0.333. The Morgan fingerprint density at radius 1 is 1.70 bits per heavy atom. The van der Waals surface area contributed by atoms with Crippen molar-refractivity contribution in [2.75, 3.05) is 0 Å². The molecule has 1 aliphatic heterocycles. The van der Waals surface area contributed by atoms with Crippen LogP contribution in [0.2, 0.25) is 0 Å². The number of allylic oxidation sites excluding steroid dienone is 4. The molecular weight excluding hydrogens is 140 g/mol. The summed E-state index contributed by atoms with van der Waals surface area (Å²) in [5.74, 6) is 0. The molecule has 0 nitrogen and oxygen atoms in total. The fourth-order valence-corrected chi connectivity index (χ4v) is 2.27. The van der Waals surface area contributed by atoms with Gasteiger partial charge in [0, 0.05) is 0 Å². The minimum absolute atomic E-state index is 0.606. The molecule has 10 heavy (non-hydrogen) atoms. The highest BCUT2D eigenvalue weighted by Gasteiger charge is 2.21. The molecule has 0 saturated heterocycles. The van der Waals surface area contributed by atoms with Crippen molar-refractivity contribution in [1.82, 2.24) is 0 Å². The minimum atomic E-state index is 0.606. The summed E-state index contributed by atoms with van der Waals surface area (Å²) in [4.78, 5) is 1.40. The molecule has 0 amide bonds. The van der Waals surface area contributed by atoms with Crippen LogP contribution in [0.4, 0.5) is 0 Å². The number of fused-ring (bicyclic) bond motifs is 1. The van der Waals surface area contributed by atoms with Crippen LogP contribution in [0.3, 0.4) is 0 Å². The van der Waals surface area contributed by atoms with Crippen molar-refractivity contribution in [1.29, 1.82) is 0 Å². The van der Waals surface area contributed by atoms with Crippen molar-refractivity contribution in [3.8, 4) is 0 Å². The lowest BCUT2D eigenvalue weighted by Crippen LogP contribution is -1.89. The Hall–Kier alpha value is -0.430. The van der Waals surface area contributed by atoms with Gasteiger partial charge in [-0.25, -0.2) is 0 Å². The smallest absolute Gasteiger partial charge is 0.0531 e. The van der Waals surface area contributed by atoms with Gasteiger partial charge in [0.1, 0.15) is 0 Å². The zero-order valence-electron chi connectivity index (χ0n) is 5.92. The number of thioether (sulfide) groups is 1. The second kappa shape index (κ2) is 2.31. The van der Waals surface area contributed by atoms with Crippen molar-refractivity contribution in [2.45, 2.75) is 18.6 Å². The number of hydrogen-bond donors (Lipinski definition) is 0. The molecule has 1 aliphatic carbocycles. The lowest BCUT2D eigenvalue weighted by atomic mass is 10.2. The highest BCUT2D eigenvalue weighted by molar-refractivity contribution is 8.04. The van der Waals surface area contributed by atoms with E-state index in [4.69, 9.17) is 0 Å². The highest BCUT2D eigenvalue weighted by Crippen LogP contribution is 2.39. The predicted molar refractivity (Wildman–Crippen MR) is 45.6 cm³/mol. The standard InChI is InChI=1S/C9H9S/c1-2-8-6-7-4-3-5-9(7)10-8/h3-5,9H,2H2,1H3. The first kappa shape index (κ1) is 6.29. The van der Waals surface area contributed by atoms with Crippen LogP contribution in [-0.2, 0) is 0 Å². The molecule has 1 radical (unpaired) electrons. The van der Waals surface area contributed by atoms with Crippen molar-refractivity contribution in [3.05, 3.63) is 34.8 Å². The molecule has 1 heteroatoms. The van der Waals surface area contributed by atoms with Gasteiger partial charge in [0.2, 0.25) is 0 Å². The molecule has 0 N–H and O–H groups in total. The molecule has 2 rings (SSSR count).